The highest BCUT2D eigenvalue weighted by Crippen LogP contribution is 2.26. The standard InChI is InChI=1S/C19H34N6O.HI/c1-4-15-7-9-16(10-8-15)22-19(20-12-17-6-5-11-26-17)21-13-18-24-23-14(2)25(18)3;/h15-17H,4-13H2,1-3H3,(H2,20,21,22);1H. The number of halogens is 1. The zero-order chi connectivity index (χ0) is 18.4. The summed E-state index contributed by atoms with van der Waals surface area (Å²) in [5.74, 6) is 3.57. The lowest BCUT2D eigenvalue weighted by molar-refractivity contribution is 0.113. The van der Waals surface area contributed by atoms with Gasteiger partial charge in [0.25, 0.3) is 0 Å². The predicted octanol–water partition coefficient (Wildman–Crippen LogP) is 2.92. The molecule has 1 aromatic rings. The fraction of sp³-hybridized carbons (Fsp3) is 0.842. The highest BCUT2D eigenvalue weighted by molar-refractivity contribution is 14.0. The second kappa shape index (κ2) is 11.2. The van der Waals surface area contributed by atoms with Gasteiger partial charge >= 0.3 is 0 Å². The maximum Gasteiger partial charge on any atom is 0.192 e. The highest BCUT2D eigenvalue weighted by Gasteiger charge is 2.22. The van der Waals surface area contributed by atoms with Gasteiger partial charge in [0.05, 0.1) is 6.10 Å². The van der Waals surface area contributed by atoms with Crippen LogP contribution in [0, 0.1) is 12.8 Å². The molecule has 154 valence electrons. The van der Waals surface area contributed by atoms with E-state index in [-0.39, 0.29) is 24.0 Å². The first-order valence-electron chi connectivity index (χ1n) is 10.2. The van der Waals surface area contributed by atoms with E-state index < -0.39 is 0 Å². The Morgan fingerprint density at radius 2 is 2.00 bits per heavy atom. The van der Waals surface area contributed by atoms with Crippen molar-refractivity contribution in [1.29, 1.82) is 0 Å². The molecule has 1 atom stereocenters. The molecule has 0 spiro atoms. The van der Waals surface area contributed by atoms with E-state index in [1.807, 2.05) is 18.5 Å². The molecule has 27 heavy (non-hydrogen) atoms. The molecule has 2 heterocycles. The molecule has 1 aliphatic heterocycles. The number of nitrogens with zero attached hydrogens (tertiary/aromatic N) is 4. The summed E-state index contributed by atoms with van der Waals surface area (Å²) in [5.41, 5.74) is 0. The molecule has 0 bridgehead atoms. The van der Waals surface area contributed by atoms with Crippen LogP contribution in [0.4, 0.5) is 0 Å². The quantitative estimate of drug-likeness (QED) is 0.365. The summed E-state index contributed by atoms with van der Waals surface area (Å²) in [4.78, 5) is 4.78. The molecular formula is C19H35IN6O. The molecule has 1 aromatic heterocycles. The summed E-state index contributed by atoms with van der Waals surface area (Å²) in [7, 11) is 1.99. The van der Waals surface area contributed by atoms with Crippen molar-refractivity contribution >= 4 is 29.9 Å². The summed E-state index contributed by atoms with van der Waals surface area (Å²) in [6.07, 6.45) is 8.97. The molecule has 1 saturated carbocycles. The smallest absolute Gasteiger partial charge is 0.192 e. The summed E-state index contributed by atoms with van der Waals surface area (Å²) in [5, 5.41) is 15.5. The van der Waals surface area contributed by atoms with E-state index in [2.05, 4.69) is 27.8 Å². The van der Waals surface area contributed by atoms with E-state index >= 15 is 0 Å². The number of aromatic nitrogens is 3. The Labute approximate surface area is 180 Å². The van der Waals surface area contributed by atoms with Crippen molar-refractivity contribution in [2.45, 2.75) is 77.5 Å². The van der Waals surface area contributed by atoms with Gasteiger partial charge in [0.1, 0.15) is 12.4 Å². The van der Waals surface area contributed by atoms with Crippen molar-refractivity contribution in [2.75, 3.05) is 13.2 Å². The molecule has 2 fully saturated rings. The van der Waals surface area contributed by atoms with E-state index in [9.17, 15) is 0 Å². The van der Waals surface area contributed by atoms with Gasteiger partial charge in [-0.1, -0.05) is 13.3 Å². The molecule has 2 N–H and O–H groups in total. The largest absolute Gasteiger partial charge is 0.376 e. The Morgan fingerprint density at radius 1 is 1.22 bits per heavy atom. The molecule has 1 saturated heterocycles. The van der Waals surface area contributed by atoms with Gasteiger partial charge in [-0.25, -0.2) is 4.99 Å². The first-order chi connectivity index (χ1) is 12.7. The number of nitrogens with one attached hydrogen (secondary N) is 2. The maximum absolute atomic E-state index is 5.74. The fourth-order valence-electron chi connectivity index (χ4n) is 3.82. The third-order valence-electron chi connectivity index (χ3n) is 5.85. The van der Waals surface area contributed by atoms with E-state index in [1.165, 1.54) is 32.1 Å². The summed E-state index contributed by atoms with van der Waals surface area (Å²) >= 11 is 0. The molecule has 0 aromatic carbocycles. The van der Waals surface area contributed by atoms with Crippen LogP contribution in [0.15, 0.2) is 4.99 Å². The Kier molecular flexibility index (Phi) is 9.28. The fourth-order valence-corrected chi connectivity index (χ4v) is 3.82. The highest BCUT2D eigenvalue weighted by atomic mass is 127. The summed E-state index contributed by atoms with van der Waals surface area (Å²) in [6, 6.07) is 0.509. The zero-order valence-electron chi connectivity index (χ0n) is 16.9. The minimum Gasteiger partial charge on any atom is -0.376 e. The Hall–Kier alpha value is -0.900. The van der Waals surface area contributed by atoms with Crippen LogP contribution in [0.2, 0.25) is 0 Å². The summed E-state index contributed by atoms with van der Waals surface area (Å²) < 4.78 is 7.73. The van der Waals surface area contributed by atoms with E-state index in [0.29, 0.717) is 18.7 Å². The van der Waals surface area contributed by atoms with Crippen LogP contribution in [0.3, 0.4) is 0 Å². The third kappa shape index (κ3) is 6.58. The number of rotatable bonds is 6. The minimum atomic E-state index is 0. The molecule has 2 aliphatic rings. The van der Waals surface area contributed by atoms with Crippen LogP contribution in [-0.4, -0.2) is 46.0 Å². The molecule has 1 aliphatic carbocycles. The van der Waals surface area contributed by atoms with Crippen LogP contribution in [0.5, 0.6) is 0 Å². The monoisotopic (exact) mass is 490 g/mol. The molecule has 0 radical (unpaired) electrons. The van der Waals surface area contributed by atoms with Crippen molar-refractivity contribution in [3.8, 4) is 0 Å². The second-order valence-electron chi connectivity index (χ2n) is 7.67. The number of hydrogen-bond acceptors (Lipinski definition) is 4. The van der Waals surface area contributed by atoms with Gasteiger partial charge in [-0.2, -0.15) is 0 Å². The van der Waals surface area contributed by atoms with Gasteiger partial charge < -0.3 is 19.9 Å². The molecule has 7 nitrogen and oxygen atoms in total. The van der Waals surface area contributed by atoms with Crippen LogP contribution >= 0.6 is 24.0 Å². The lowest BCUT2D eigenvalue weighted by atomic mass is 9.84. The third-order valence-corrected chi connectivity index (χ3v) is 5.85. The van der Waals surface area contributed by atoms with Crippen molar-refractivity contribution < 1.29 is 4.74 Å². The van der Waals surface area contributed by atoms with E-state index in [0.717, 1.165) is 49.5 Å². The van der Waals surface area contributed by atoms with Crippen molar-refractivity contribution in [1.82, 2.24) is 25.4 Å². The first kappa shape index (κ1) is 22.4. The lowest BCUT2D eigenvalue weighted by Crippen LogP contribution is -2.46. The average molecular weight is 490 g/mol. The Bertz CT molecular complexity index is 591. The zero-order valence-corrected chi connectivity index (χ0v) is 19.2. The first-order valence-corrected chi connectivity index (χ1v) is 10.2. The van der Waals surface area contributed by atoms with E-state index in [1.54, 1.807) is 0 Å². The van der Waals surface area contributed by atoms with Crippen molar-refractivity contribution in [3.05, 3.63) is 11.6 Å². The number of ether oxygens (including phenoxy) is 1. The minimum absolute atomic E-state index is 0. The van der Waals surface area contributed by atoms with Crippen LogP contribution < -0.4 is 10.6 Å². The number of aliphatic imine (C=N–C) groups is 1. The van der Waals surface area contributed by atoms with Crippen molar-refractivity contribution in [2.24, 2.45) is 18.0 Å². The van der Waals surface area contributed by atoms with Crippen LogP contribution in [-0.2, 0) is 18.3 Å². The molecule has 1 unspecified atom stereocenters. The Morgan fingerprint density at radius 3 is 2.59 bits per heavy atom. The van der Waals surface area contributed by atoms with Crippen LogP contribution in [0.25, 0.3) is 0 Å². The molecule has 8 heteroatoms. The average Bonchev–Trinajstić information content (AvgIpc) is 3.29. The van der Waals surface area contributed by atoms with Gasteiger partial charge in [0.15, 0.2) is 11.8 Å². The predicted molar refractivity (Wildman–Crippen MR) is 118 cm³/mol. The summed E-state index contributed by atoms with van der Waals surface area (Å²) in [6.45, 7) is 6.49. The van der Waals surface area contributed by atoms with E-state index in [4.69, 9.17) is 9.73 Å². The number of aryl methyl sites for hydroxylation is 1. The number of hydrogen-bond donors (Lipinski definition) is 2. The van der Waals surface area contributed by atoms with Crippen LogP contribution in [0.1, 0.15) is 63.5 Å². The van der Waals surface area contributed by atoms with Gasteiger partial charge in [-0.15, -0.1) is 34.2 Å². The molecular weight excluding hydrogens is 455 g/mol. The SMILES string of the molecule is CCC1CCC(NC(=NCc2nnc(C)n2C)NCC2CCCO2)CC1.I. The van der Waals surface area contributed by atoms with Gasteiger partial charge in [0.2, 0.25) is 0 Å². The second-order valence-corrected chi connectivity index (χ2v) is 7.67. The molecule has 0 amide bonds. The van der Waals surface area contributed by atoms with Gasteiger partial charge in [0, 0.05) is 26.2 Å². The van der Waals surface area contributed by atoms with Gasteiger partial charge in [-0.05, 0) is 51.4 Å². The lowest BCUT2D eigenvalue weighted by Gasteiger charge is -2.30. The van der Waals surface area contributed by atoms with Gasteiger partial charge in [-0.3, -0.25) is 0 Å². The normalized spacial score (nSPS) is 25.9. The Balaban J connectivity index is 0.00000261. The van der Waals surface area contributed by atoms with Crippen molar-refractivity contribution in [3.63, 3.8) is 0 Å². The number of guanidine groups is 1. The maximum atomic E-state index is 5.74. The molecule has 3 rings (SSSR count). The topological polar surface area (TPSA) is 76.4 Å².